The van der Waals surface area contributed by atoms with E-state index >= 15 is 0 Å². The Morgan fingerprint density at radius 2 is 1.82 bits per heavy atom. The standard InChI is InChI=1S/C11H12N4O2/c1-6-4-7(2)9(8(3)5-6)15-13-10(11(16)17)12-14-15/h4-5H,1-3H3,(H,16,17). The van der Waals surface area contributed by atoms with Crippen LogP contribution in [0.1, 0.15) is 27.3 Å². The average molecular weight is 232 g/mol. The number of carboxylic acid groups (broad SMARTS) is 1. The number of rotatable bonds is 2. The van der Waals surface area contributed by atoms with E-state index < -0.39 is 5.97 Å². The summed E-state index contributed by atoms with van der Waals surface area (Å²) in [6, 6.07) is 3.98. The van der Waals surface area contributed by atoms with Crippen molar-refractivity contribution in [3.05, 3.63) is 34.6 Å². The molecule has 6 heteroatoms. The van der Waals surface area contributed by atoms with Gasteiger partial charge in [-0.05, 0) is 37.1 Å². The topological polar surface area (TPSA) is 80.9 Å². The number of aryl methyl sites for hydroxylation is 3. The van der Waals surface area contributed by atoms with Crippen LogP contribution < -0.4 is 0 Å². The Hall–Kier alpha value is -2.24. The monoisotopic (exact) mass is 232 g/mol. The van der Waals surface area contributed by atoms with Crippen LogP contribution in [0.2, 0.25) is 0 Å². The first-order valence-electron chi connectivity index (χ1n) is 5.10. The smallest absolute Gasteiger partial charge is 0.377 e. The number of nitrogens with zero attached hydrogens (tertiary/aromatic N) is 4. The Morgan fingerprint density at radius 1 is 1.24 bits per heavy atom. The van der Waals surface area contributed by atoms with Crippen LogP contribution in [0.5, 0.6) is 0 Å². The molecule has 1 aromatic heterocycles. The SMILES string of the molecule is Cc1cc(C)c(-n2nnc(C(=O)O)n2)c(C)c1. The first kappa shape index (κ1) is 11.3. The van der Waals surface area contributed by atoms with Gasteiger partial charge in [-0.25, -0.2) is 4.79 Å². The van der Waals surface area contributed by atoms with Gasteiger partial charge in [-0.15, -0.1) is 15.0 Å². The van der Waals surface area contributed by atoms with Gasteiger partial charge in [0.15, 0.2) is 0 Å². The van der Waals surface area contributed by atoms with Crippen LogP contribution in [-0.2, 0) is 0 Å². The summed E-state index contributed by atoms with van der Waals surface area (Å²) in [6.45, 7) is 5.86. The lowest BCUT2D eigenvalue weighted by Crippen LogP contribution is -2.06. The molecule has 0 fully saturated rings. The van der Waals surface area contributed by atoms with Crippen molar-refractivity contribution in [2.75, 3.05) is 0 Å². The van der Waals surface area contributed by atoms with Gasteiger partial charge in [0.1, 0.15) is 0 Å². The molecule has 1 heterocycles. The number of carbonyl (C=O) groups is 1. The minimum atomic E-state index is -1.18. The summed E-state index contributed by atoms with van der Waals surface area (Å²) in [6.07, 6.45) is 0. The van der Waals surface area contributed by atoms with Crippen LogP contribution in [0.25, 0.3) is 5.69 Å². The number of benzene rings is 1. The predicted octanol–water partition coefficient (Wildman–Crippen LogP) is 1.29. The third-order valence-electron chi connectivity index (χ3n) is 2.44. The third kappa shape index (κ3) is 2.01. The fourth-order valence-electron chi connectivity index (χ4n) is 1.88. The molecule has 0 saturated heterocycles. The van der Waals surface area contributed by atoms with E-state index in [1.165, 1.54) is 4.80 Å². The van der Waals surface area contributed by atoms with Crippen molar-refractivity contribution in [3.63, 3.8) is 0 Å². The van der Waals surface area contributed by atoms with E-state index in [2.05, 4.69) is 15.4 Å². The van der Waals surface area contributed by atoms with Crippen LogP contribution in [-0.4, -0.2) is 31.3 Å². The van der Waals surface area contributed by atoms with Crippen LogP contribution in [0.15, 0.2) is 12.1 Å². The Bertz CT molecular complexity index is 566. The maximum absolute atomic E-state index is 10.7. The predicted molar refractivity (Wildman–Crippen MR) is 60.3 cm³/mol. The lowest BCUT2D eigenvalue weighted by Gasteiger charge is -2.08. The summed E-state index contributed by atoms with van der Waals surface area (Å²) in [5.41, 5.74) is 3.88. The van der Waals surface area contributed by atoms with Gasteiger partial charge >= 0.3 is 5.97 Å². The maximum atomic E-state index is 10.7. The minimum Gasteiger partial charge on any atom is -0.475 e. The molecule has 1 N–H and O–H groups in total. The first-order valence-corrected chi connectivity index (χ1v) is 5.10. The number of carboxylic acids is 1. The van der Waals surface area contributed by atoms with E-state index in [9.17, 15) is 4.79 Å². The molecule has 0 aliphatic rings. The van der Waals surface area contributed by atoms with Gasteiger partial charge in [-0.1, -0.05) is 17.7 Å². The first-order chi connectivity index (χ1) is 7.99. The molecule has 0 radical (unpaired) electrons. The van der Waals surface area contributed by atoms with Gasteiger partial charge in [0.25, 0.3) is 5.82 Å². The van der Waals surface area contributed by atoms with Crippen molar-refractivity contribution in [1.82, 2.24) is 20.2 Å². The summed E-state index contributed by atoms with van der Waals surface area (Å²) >= 11 is 0. The maximum Gasteiger partial charge on any atom is 0.377 e. The van der Waals surface area contributed by atoms with E-state index in [0.717, 1.165) is 22.4 Å². The second-order valence-corrected chi connectivity index (χ2v) is 3.95. The molecule has 0 aliphatic heterocycles. The molecular formula is C11H12N4O2. The van der Waals surface area contributed by atoms with Crippen LogP contribution in [0.4, 0.5) is 0 Å². The zero-order valence-corrected chi connectivity index (χ0v) is 9.80. The molecule has 88 valence electrons. The molecule has 0 unspecified atom stereocenters. The van der Waals surface area contributed by atoms with Gasteiger partial charge in [0.2, 0.25) is 0 Å². The molecule has 0 saturated carbocycles. The zero-order valence-electron chi connectivity index (χ0n) is 9.80. The lowest BCUT2D eigenvalue weighted by molar-refractivity contribution is 0.0683. The van der Waals surface area contributed by atoms with E-state index in [1.54, 1.807) is 0 Å². The quantitative estimate of drug-likeness (QED) is 0.843. The molecule has 0 spiro atoms. The van der Waals surface area contributed by atoms with Gasteiger partial charge < -0.3 is 5.11 Å². The number of hydrogen-bond acceptors (Lipinski definition) is 4. The van der Waals surface area contributed by atoms with Crippen LogP contribution in [0.3, 0.4) is 0 Å². The molecular weight excluding hydrogens is 220 g/mol. The van der Waals surface area contributed by atoms with Gasteiger partial charge in [0.05, 0.1) is 5.69 Å². The highest BCUT2D eigenvalue weighted by atomic mass is 16.4. The summed E-state index contributed by atoms with van der Waals surface area (Å²) in [7, 11) is 0. The Labute approximate surface area is 97.9 Å². The van der Waals surface area contributed by atoms with E-state index in [-0.39, 0.29) is 5.82 Å². The van der Waals surface area contributed by atoms with Crippen molar-refractivity contribution in [2.45, 2.75) is 20.8 Å². The highest BCUT2D eigenvalue weighted by Crippen LogP contribution is 2.18. The highest BCUT2D eigenvalue weighted by molar-refractivity contribution is 5.82. The van der Waals surface area contributed by atoms with Crippen molar-refractivity contribution < 1.29 is 9.90 Å². The van der Waals surface area contributed by atoms with E-state index in [4.69, 9.17) is 5.11 Å². The molecule has 1 aromatic carbocycles. The summed E-state index contributed by atoms with van der Waals surface area (Å²) in [5.74, 6) is -1.48. The molecule has 6 nitrogen and oxygen atoms in total. The fourth-order valence-corrected chi connectivity index (χ4v) is 1.88. The van der Waals surface area contributed by atoms with Crippen molar-refractivity contribution in [2.24, 2.45) is 0 Å². The van der Waals surface area contributed by atoms with Crippen LogP contribution in [0, 0.1) is 20.8 Å². The van der Waals surface area contributed by atoms with Gasteiger partial charge in [-0.2, -0.15) is 0 Å². The molecule has 0 amide bonds. The van der Waals surface area contributed by atoms with Gasteiger partial charge in [0, 0.05) is 0 Å². The van der Waals surface area contributed by atoms with Crippen molar-refractivity contribution in [1.29, 1.82) is 0 Å². The number of aromatic nitrogens is 4. The summed E-state index contributed by atoms with van der Waals surface area (Å²) in [5, 5.41) is 19.8. The van der Waals surface area contributed by atoms with Crippen molar-refractivity contribution in [3.8, 4) is 5.69 Å². The van der Waals surface area contributed by atoms with E-state index in [1.807, 2.05) is 32.9 Å². The normalized spacial score (nSPS) is 10.5. The molecule has 0 aliphatic carbocycles. The zero-order chi connectivity index (χ0) is 12.6. The highest BCUT2D eigenvalue weighted by Gasteiger charge is 2.14. The van der Waals surface area contributed by atoms with Crippen molar-refractivity contribution >= 4 is 5.97 Å². The Balaban J connectivity index is 2.56. The van der Waals surface area contributed by atoms with Gasteiger partial charge in [-0.3, -0.25) is 0 Å². The lowest BCUT2D eigenvalue weighted by atomic mass is 10.1. The van der Waals surface area contributed by atoms with E-state index in [0.29, 0.717) is 0 Å². The number of tetrazole rings is 1. The molecule has 2 aromatic rings. The summed E-state index contributed by atoms with van der Waals surface area (Å²) in [4.78, 5) is 11.9. The fraction of sp³-hybridized carbons (Fsp3) is 0.273. The Morgan fingerprint density at radius 3 is 2.29 bits per heavy atom. The molecule has 0 atom stereocenters. The largest absolute Gasteiger partial charge is 0.475 e. The van der Waals surface area contributed by atoms with Crippen LogP contribution >= 0.6 is 0 Å². The molecule has 17 heavy (non-hydrogen) atoms. The second-order valence-electron chi connectivity index (χ2n) is 3.95. The number of hydrogen-bond donors (Lipinski definition) is 1. The molecule has 0 bridgehead atoms. The number of aromatic carboxylic acids is 1. The second kappa shape index (κ2) is 3.97. The summed E-state index contributed by atoms with van der Waals surface area (Å²) < 4.78 is 0. The molecule has 2 rings (SSSR count). The average Bonchev–Trinajstić information content (AvgIpc) is 2.65. The minimum absolute atomic E-state index is 0.302. The Kier molecular flexibility index (Phi) is 2.63. The third-order valence-corrected chi connectivity index (χ3v) is 2.44.